The summed E-state index contributed by atoms with van der Waals surface area (Å²) in [4.78, 5) is 12.5. The Balaban J connectivity index is 1.85. The van der Waals surface area contributed by atoms with E-state index >= 15 is 0 Å². The highest BCUT2D eigenvalue weighted by Gasteiger charge is 2.10. The van der Waals surface area contributed by atoms with E-state index in [0.29, 0.717) is 12.3 Å². The zero-order chi connectivity index (χ0) is 12.1. The molecule has 0 aromatic carbocycles. The normalized spacial score (nSPS) is 12.6. The van der Waals surface area contributed by atoms with Crippen LogP contribution in [0.2, 0.25) is 0 Å². The molecule has 6 nitrogen and oxygen atoms in total. The number of hydrogen-bond donors (Lipinski definition) is 1. The Morgan fingerprint density at radius 1 is 1.29 bits per heavy atom. The Kier molecular flexibility index (Phi) is 3.77. The Bertz CT molecular complexity index is 457. The average molecular weight is 233 g/mol. The van der Waals surface area contributed by atoms with Crippen LogP contribution in [0.3, 0.4) is 0 Å². The summed E-state index contributed by atoms with van der Waals surface area (Å²) in [6, 6.07) is 0.159. The van der Waals surface area contributed by atoms with Crippen LogP contribution in [0.15, 0.2) is 23.2 Å². The molecule has 0 amide bonds. The van der Waals surface area contributed by atoms with E-state index in [0.717, 1.165) is 17.9 Å². The zero-order valence-corrected chi connectivity index (χ0v) is 9.92. The highest BCUT2D eigenvalue weighted by atomic mass is 16.5. The quantitative estimate of drug-likeness (QED) is 0.832. The van der Waals surface area contributed by atoms with Crippen LogP contribution in [0.1, 0.15) is 30.2 Å². The summed E-state index contributed by atoms with van der Waals surface area (Å²) in [5, 5.41) is 6.90. The predicted octanol–water partition coefficient (Wildman–Crippen LogP) is 1.06. The summed E-state index contributed by atoms with van der Waals surface area (Å²) in [6.07, 6.45) is 5.53. The number of rotatable bonds is 5. The number of nitrogens with zero attached hydrogens (tertiary/aromatic N) is 4. The molecule has 1 unspecified atom stereocenters. The molecule has 0 radical (unpaired) electrons. The molecule has 0 bridgehead atoms. The molecule has 0 aliphatic heterocycles. The summed E-state index contributed by atoms with van der Waals surface area (Å²) < 4.78 is 4.92. The summed E-state index contributed by atoms with van der Waals surface area (Å²) in [7, 11) is 0. The molecular weight excluding hydrogens is 218 g/mol. The maximum atomic E-state index is 4.92. The Labute approximate surface area is 99.5 Å². The fraction of sp³-hybridized carbons (Fsp3) is 0.455. The van der Waals surface area contributed by atoms with Gasteiger partial charge in [-0.25, -0.2) is 0 Å². The number of hydrogen-bond acceptors (Lipinski definition) is 6. The van der Waals surface area contributed by atoms with E-state index in [1.807, 2.05) is 6.92 Å². The second kappa shape index (κ2) is 5.49. The minimum Gasteiger partial charge on any atom is -0.340 e. The van der Waals surface area contributed by atoms with E-state index < -0.39 is 0 Å². The lowest BCUT2D eigenvalue weighted by Crippen LogP contribution is -2.23. The monoisotopic (exact) mass is 233 g/mol. The van der Waals surface area contributed by atoms with Crippen LogP contribution in [0, 0.1) is 6.92 Å². The molecule has 1 N–H and O–H groups in total. The van der Waals surface area contributed by atoms with Crippen molar-refractivity contribution in [1.29, 1.82) is 0 Å². The van der Waals surface area contributed by atoms with Gasteiger partial charge in [-0.15, -0.1) is 0 Å². The van der Waals surface area contributed by atoms with E-state index in [2.05, 4.69) is 32.3 Å². The molecule has 2 aromatic heterocycles. The van der Waals surface area contributed by atoms with Gasteiger partial charge in [0.2, 0.25) is 5.89 Å². The lowest BCUT2D eigenvalue weighted by atomic mass is 10.2. The first-order valence-corrected chi connectivity index (χ1v) is 5.54. The van der Waals surface area contributed by atoms with Gasteiger partial charge < -0.3 is 9.84 Å². The molecule has 6 heteroatoms. The standard InChI is InChI=1S/C11H15N5O/c1-8(11-9(2)13-5-6-14-11)12-4-3-10-15-7-16-17-10/h5-8,12H,3-4H2,1-2H3. The molecule has 17 heavy (non-hydrogen) atoms. The summed E-state index contributed by atoms with van der Waals surface area (Å²) in [5.41, 5.74) is 1.92. The van der Waals surface area contributed by atoms with Gasteiger partial charge in [0.15, 0.2) is 6.33 Å². The molecule has 2 rings (SSSR count). The first-order chi connectivity index (χ1) is 8.27. The van der Waals surface area contributed by atoms with Gasteiger partial charge in [0.25, 0.3) is 0 Å². The van der Waals surface area contributed by atoms with Gasteiger partial charge in [0, 0.05) is 31.4 Å². The van der Waals surface area contributed by atoms with Crippen LogP contribution >= 0.6 is 0 Å². The summed E-state index contributed by atoms with van der Waals surface area (Å²) in [6.45, 7) is 4.78. The number of nitrogens with one attached hydrogen (secondary N) is 1. The van der Waals surface area contributed by atoms with Crippen LogP contribution in [0.25, 0.3) is 0 Å². The molecule has 0 spiro atoms. The Morgan fingerprint density at radius 2 is 2.12 bits per heavy atom. The second-order valence-corrected chi connectivity index (χ2v) is 3.79. The average Bonchev–Trinajstić information content (AvgIpc) is 2.82. The van der Waals surface area contributed by atoms with Crippen molar-refractivity contribution in [3.63, 3.8) is 0 Å². The summed E-state index contributed by atoms with van der Waals surface area (Å²) in [5.74, 6) is 0.639. The third kappa shape index (κ3) is 3.07. The van der Waals surface area contributed by atoms with Gasteiger partial charge in [-0.2, -0.15) is 4.98 Å². The largest absolute Gasteiger partial charge is 0.340 e. The SMILES string of the molecule is Cc1nccnc1C(C)NCCc1ncno1. The fourth-order valence-corrected chi connectivity index (χ4v) is 1.64. The van der Waals surface area contributed by atoms with Crippen LogP contribution < -0.4 is 5.32 Å². The smallest absolute Gasteiger partial charge is 0.227 e. The molecule has 0 saturated carbocycles. The van der Waals surface area contributed by atoms with Crippen LogP contribution in [0.5, 0.6) is 0 Å². The first kappa shape index (κ1) is 11.7. The highest BCUT2D eigenvalue weighted by Crippen LogP contribution is 2.11. The van der Waals surface area contributed by atoms with Crippen molar-refractivity contribution < 1.29 is 4.52 Å². The molecule has 0 aliphatic carbocycles. The van der Waals surface area contributed by atoms with Gasteiger partial charge in [-0.1, -0.05) is 5.16 Å². The fourth-order valence-electron chi connectivity index (χ4n) is 1.64. The molecule has 2 aromatic rings. The van der Waals surface area contributed by atoms with Crippen LogP contribution in [-0.4, -0.2) is 26.7 Å². The lowest BCUT2D eigenvalue weighted by Gasteiger charge is -2.13. The lowest BCUT2D eigenvalue weighted by molar-refractivity contribution is 0.372. The van der Waals surface area contributed by atoms with E-state index in [9.17, 15) is 0 Å². The number of aromatic nitrogens is 4. The van der Waals surface area contributed by atoms with Crippen molar-refractivity contribution in [2.24, 2.45) is 0 Å². The van der Waals surface area contributed by atoms with Crippen LogP contribution in [-0.2, 0) is 6.42 Å². The Morgan fingerprint density at radius 3 is 2.82 bits per heavy atom. The highest BCUT2D eigenvalue weighted by molar-refractivity contribution is 5.12. The Hall–Kier alpha value is -1.82. The van der Waals surface area contributed by atoms with Crippen molar-refractivity contribution >= 4 is 0 Å². The zero-order valence-electron chi connectivity index (χ0n) is 9.92. The molecule has 2 heterocycles. The van der Waals surface area contributed by atoms with Gasteiger partial charge in [-0.05, 0) is 13.8 Å². The molecular formula is C11H15N5O. The summed E-state index contributed by atoms with van der Waals surface area (Å²) >= 11 is 0. The van der Waals surface area contributed by atoms with Gasteiger partial charge >= 0.3 is 0 Å². The van der Waals surface area contributed by atoms with Crippen molar-refractivity contribution in [1.82, 2.24) is 25.4 Å². The second-order valence-electron chi connectivity index (χ2n) is 3.79. The predicted molar refractivity (Wildman–Crippen MR) is 61.2 cm³/mol. The molecule has 1 atom stereocenters. The molecule has 90 valence electrons. The van der Waals surface area contributed by atoms with E-state index in [1.54, 1.807) is 12.4 Å². The maximum absolute atomic E-state index is 4.92. The first-order valence-electron chi connectivity index (χ1n) is 5.54. The maximum Gasteiger partial charge on any atom is 0.227 e. The minimum absolute atomic E-state index is 0.159. The van der Waals surface area contributed by atoms with E-state index in [1.165, 1.54) is 6.33 Å². The van der Waals surface area contributed by atoms with Crippen LogP contribution in [0.4, 0.5) is 0 Å². The van der Waals surface area contributed by atoms with E-state index in [-0.39, 0.29) is 6.04 Å². The van der Waals surface area contributed by atoms with Gasteiger partial charge in [0.1, 0.15) is 0 Å². The third-order valence-electron chi connectivity index (χ3n) is 2.53. The van der Waals surface area contributed by atoms with Gasteiger partial charge in [-0.3, -0.25) is 9.97 Å². The molecule has 0 saturated heterocycles. The number of aryl methyl sites for hydroxylation is 1. The van der Waals surface area contributed by atoms with Crippen molar-refractivity contribution in [2.45, 2.75) is 26.3 Å². The van der Waals surface area contributed by atoms with Gasteiger partial charge in [0.05, 0.1) is 11.4 Å². The van der Waals surface area contributed by atoms with E-state index in [4.69, 9.17) is 4.52 Å². The van der Waals surface area contributed by atoms with Crippen molar-refractivity contribution in [3.8, 4) is 0 Å². The minimum atomic E-state index is 0.159. The topological polar surface area (TPSA) is 76.7 Å². The third-order valence-corrected chi connectivity index (χ3v) is 2.53. The molecule has 0 aliphatic rings. The molecule has 0 fully saturated rings. The van der Waals surface area contributed by atoms with Crippen molar-refractivity contribution in [2.75, 3.05) is 6.54 Å². The van der Waals surface area contributed by atoms with Crippen molar-refractivity contribution in [3.05, 3.63) is 36.0 Å².